The molecule has 0 unspecified atom stereocenters. The number of para-hydroxylation sites is 1. The Balaban J connectivity index is 1.49. The number of aromatic nitrogens is 1. The van der Waals surface area contributed by atoms with E-state index in [1.807, 2.05) is 0 Å². The lowest BCUT2D eigenvalue weighted by atomic mass is 10.2. The third-order valence-electron chi connectivity index (χ3n) is 4.75. The molecule has 170 valence electrons. The van der Waals surface area contributed by atoms with Gasteiger partial charge in [-0.05, 0) is 66.7 Å². The van der Waals surface area contributed by atoms with Crippen molar-refractivity contribution in [1.29, 1.82) is 0 Å². The van der Waals surface area contributed by atoms with E-state index in [1.54, 1.807) is 97.2 Å². The van der Waals surface area contributed by atoms with E-state index < -0.39 is 12.1 Å². The minimum absolute atomic E-state index is 0.162. The van der Waals surface area contributed by atoms with Gasteiger partial charge in [0.15, 0.2) is 0 Å². The van der Waals surface area contributed by atoms with Crippen LogP contribution in [0, 0.1) is 0 Å². The summed E-state index contributed by atoms with van der Waals surface area (Å²) in [5.41, 5.74) is 4.51. The molecule has 4 rings (SSSR count). The number of anilines is 3. The molecule has 0 aliphatic carbocycles. The van der Waals surface area contributed by atoms with Crippen molar-refractivity contribution in [3.8, 4) is 5.69 Å². The number of amides is 4. The van der Waals surface area contributed by atoms with Gasteiger partial charge in [0, 0.05) is 34.3 Å². The molecular weight excluding hydrogens is 454 g/mol. The van der Waals surface area contributed by atoms with Crippen molar-refractivity contribution in [3.63, 3.8) is 0 Å². The molecule has 3 aromatic carbocycles. The van der Waals surface area contributed by atoms with E-state index >= 15 is 0 Å². The van der Waals surface area contributed by atoms with Crippen molar-refractivity contribution in [2.24, 2.45) is 0 Å². The zero-order valence-corrected chi connectivity index (χ0v) is 18.6. The summed E-state index contributed by atoms with van der Waals surface area (Å²) >= 11 is 5.88. The molecule has 1 heterocycles. The number of carbonyl (C=O) groups is 2. The lowest BCUT2D eigenvalue weighted by Crippen LogP contribution is -2.50. The van der Waals surface area contributed by atoms with Crippen molar-refractivity contribution >= 4 is 40.7 Å². The van der Waals surface area contributed by atoms with E-state index in [-0.39, 0.29) is 5.56 Å². The minimum atomic E-state index is -0.611. The van der Waals surface area contributed by atoms with Crippen LogP contribution in [-0.4, -0.2) is 16.6 Å². The highest BCUT2D eigenvalue weighted by Gasteiger charge is 2.19. The van der Waals surface area contributed by atoms with Gasteiger partial charge in [0.1, 0.15) is 0 Å². The number of urea groups is 2. The fraction of sp³-hybridized carbons (Fsp3) is 0. The molecule has 0 fully saturated rings. The van der Waals surface area contributed by atoms with Gasteiger partial charge in [0.25, 0.3) is 5.56 Å². The average Bonchev–Trinajstić information content (AvgIpc) is 2.85. The Bertz CT molecular complexity index is 1340. The topological polar surface area (TPSA) is 95.5 Å². The Morgan fingerprint density at radius 1 is 0.735 bits per heavy atom. The van der Waals surface area contributed by atoms with E-state index in [0.29, 0.717) is 27.8 Å². The summed E-state index contributed by atoms with van der Waals surface area (Å²) in [6.45, 7) is 0. The summed E-state index contributed by atoms with van der Waals surface area (Å²) in [7, 11) is 0. The monoisotopic (exact) mass is 473 g/mol. The number of pyridine rings is 1. The fourth-order valence-electron chi connectivity index (χ4n) is 3.13. The quantitative estimate of drug-likeness (QED) is 0.352. The second kappa shape index (κ2) is 10.4. The first kappa shape index (κ1) is 22.6. The van der Waals surface area contributed by atoms with E-state index in [1.165, 1.54) is 10.6 Å². The smallest absolute Gasteiger partial charge is 0.307 e. The summed E-state index contributed by atoms with van der Waals surface area (Å²) in [6, 6.07) is 25.7. The fourth-order valence-corrected chi connectivity index (χ4v) is 3.25. The number of hydrazine groups is 1. The number of nitrogens with zero attached hydrogens (tertiary/aromatic N) is 2. The highest BCUT2D eigenvalue weighted by atomic mass is 35.5. The van der Waals surface area contributed by atoms with E-state index in [4.69, 9.17) is 11.6 Å². The SMILES string of the molecule is O=C(Nc1ccc(Cl)cc1)NN(C(=O)Nc1ccc(-n2ccccc2=O)cc1)c1ccccc1. The Kier molecular flexibility index (Phi) is 6.90. The number of hydrogen-bond donors (Lipinski definition) is 3. The normalized spacial score (nSPS) is 10.3. The number of hydrogen-bond acceptors (Lipinski definition) is 3. The van der Waals surface area contributed by atoms with Crippen molar-refractivity contribution in [2.75, 3.05) is 15.6 Å². The van der Waals surface area contributed by atoms with Crippen molar-refractivity contribution in [3.05, 3.63) is 119 Å². The van der Waals surface area contributed by atoms with E-state index in [0.717, 1.165) is 5.01 Å². The molecule has 3 N–H and O–H groups in total. The lowest BCUT2D eigenvalue weighted by molar-refractivity contribution is 0.243. The number of halogens is 1. The minimum Gasteiger partial charge on any atom is -0.307 e. The van der Waals surface area contributed by atoms with Crippen LogP contribution in [-0.2, 0) is 0 Å². The van der Waals surface area contributed by atoms with Crippen LogP contribution in [0.15, 0.2) is 108 Å². The molecule has 0 radical (unpaired) electrons. The van der Waals surface area contributed by atoms with Crippen molar-refractivity contribution < 1.29 is 9.59 Å². The first-order valence-electron chi connectivity index (χ1n) is 10.3. The Morgan fingerprint density at radius 3 is 2.03 bits per heavy atom. The molecule has 0 aliphatic rings. The van der Waals surface area contributed by atoms with Gasteiger partial charge in [-0.15, -0.1) is 0 Å². The van der Waals surface area contributed by atoms with Gasteiger partial charge in [-0.3, -0.25) is 9.36 Å². The average molecular weight is 474 g/mol. The Labute approximate surface area is 200 Å². The van der Waals surface area contributed by atoms with Crippen LogP contribution in [0.2, 0.25) is 5.02 Å². The maximum absolute atomic E-state index is 13.1. The van der Waals surface area contributed by atoms with Crippen molar-refractivity contribution in [2.45, 2.75) is 0 Å². The van der Waals surface area contributed by atoms with Crippen LogP contribution >= 0.6 is 11.6 Å². The van der Waals surface area contributed by atoms with Gasteiger partial charge in [-0.2, -0.15) is 0 Å². The number of benzene rings is 3. The summed E-state index contributed by atoms with van der Waals surface area (Å²) in [6.07, 6.45) is 1.66. The molecule has 0 saturated heterocycles. The number of nitrogens with one attached hydrogen (secondary N) is 3. The predicted molar refractivity (Wildman–Crippen MR) is 134 cm³/mol. The maximum atomic E-state index is 13.1. The van der Waals surface area contributed by atoms with Gasteiger partial charge in [0.2, 0.25) is 0 Å². The molecule has 4 aromatic rings. The van der Waals surface area contributed by atoms with Crippen molar-refractivity contribution in [1.82, 2.24) is 9.99 Å². The largest absolute Gasteiger partial charge is 0.345 e. The first-order chi connectivity index (χ1) is 16.5. The number of carbonyl (C=O) groups excluding carboxylic acids is 2. The lowest BCUT2D eigenvalue weighted by Gasteiger charge is -2.24. The molecule has 0 aliphatic heterocycles. The Morgan fingerprint density at radius 2 is 1.35 bits per heavy atom. The zero-order valence-electron chi connectivity index (χ0n) is 17.8. The van der Waals surface area contributed by atoms with E-state index in [2.05, 4.69) is 16.1 Å². The predicted octanol–water partition coefficient (Wildman–Crippen LogP) is 5.27. The third-order valence-corrected chi connectivity index (χ3v) is 5.00. The van der Waals surface area contributed by atoms with Crippen LogP contribution < -0.4 is 26.6 Å². The summed E-state index contributed by atoms with van der Waals surface area (Å²) in [5, 5.41) is 7.05. The molecule has 0 spiro atoms. The molecule has 9 heteroatoms. The second-order valence-corrected chi connectivity index (χ2v) is 7.57. The molecule has 0 bridgehead atoms. The van der Waals surface area contributed by atoms with Crippen LogP contribution in [0.1, 0.15) is 0 Å². The summed E-state index contributed by atoms with van der Waals surface area (Å²) in [5.74, 6) is 0. The molecule has 1 aromatic heterocycles. The standard InChI is InChI=1S/C25H20ClN5O3/c26-18-9-11-19(12-10-18)27-24(33)29-31(22-6-2-1-3-7-22)25(34)28-20-13-15-21(16-14-20)30-17-5-4-8-23(30)32/h1-17H,(H,28,34)(H2,27,29,33). The zero-order chi connectivity index (χ0) is 23.9. The first-order valence-corrected chi connectivity index (χ1v) is 10.6. The molecule has 4 amide bonds. The van der Waals surface area contributed by atoms with Crippen LogP contribution in [0.3, 0.4) is 0 Å². The molecular formula is C25H20ClN5O3. The third kappa shape index (κ3) is 5.62. The highest BCUT2D eigenvalue weighted by molar-refractivity contribution is 6.30. The van der Waals surface area contributed by atoms with Gasteiger partial charge in [-0.1, -0.05) is 35.9 Å². The van der Waals surface area contributed by atoms with Gasteiger partial charge >= 0.3 is 12.1 Å². The van der Waals surface area contributed by atoms with Crippen LogP contribution in [0.5, 0.6) is 0 Å². The van der Waals surface area contributed by atoms with Gasteiger partial charge in [-0.25, -0.2) is 20.0 Å². The maximum Gasteiger partial charge on any atom is 0.345 e. The summed E-state index contributed by atoms with van der Waals surface area (Å²) < 4.78 is 1.49. The highest BCUT2D eigenvalue weighted by Crippen LogP contribution is 2.17. The number of rotatable bonds is 4. The van der Waals surface area contributed by atoms with Crippen LogP contribution in [0.25, 0.3) is 5.69 Å². The molecule has 0 atom stereocenters. The Hall–Kier alpha value is -4.56. The molecule has 0 saturated carbocycles. The van der Waals surface area contributed by atoms with Crippen LogP contribution in [0.4, 0.5) is 26.7 Å². The van der Waals surface area contributed by atoms with E-state index in [9.17, 15) is 14.4 Å². The molecule has 34 heavy (non-hydrogen) atoms. The van der Waals surface area contributed by atoms with Gasteiger partial charge in [0.05, 0.1) is 5.69 Å². The van der Waals surface area contributed by atoms with Gasteiger partial charge < -0.3 is 10.6 Å². The summed E-state index contributed by atoms with van der Waals surface area (Å²) in [4.78, 5) is 37.6. The second-order valence-electron chi connectivity index (χ2n) is 7.13. The molecule has 8 nitrogen and oxygen atoms in total.